The lowest BCUT2D eigenvalue weighted by molar-refractivity contribution is -0.164. The number of thioether (sulfide) groups is 1. The van der Waals surface area contributed by atoms with Gasteiger partial charge in [0.25, 0.3) is 5.91 Å². The lowest BCUT2D eigenvalue weighted by Gasteiger charge is -2.31. The highest BCUT2D eigenvalue weighted by Crippen LogP contribution is 2.22. The van der Waals surface area contributed by atoms with Gasteiger partial charge in [-0.25, -0.2) is 4.98 Å². The normalized spacial score (nSPS) is 14.2. The molecule has 47 heavy (non-hydrogen) atoms. The summed E-state index contributed by atoms with van der Waals surface area (Å²) in [6.07, 6.45) is 1.89. The van der Waals surface area contributed by atoms with Crippen LogP contribution in [0.2, 0.25) is 0 Å². The zero-order chi connectivity index (χ0) is 35.0. The Bertz CT molecular complexity index is 1380. The molecule has 0 saturated heterocycles. The molecule has 13 nitrogen and oxygen atoms in total. The fourth-order valence-corrected chi connectivity index (χ4v) is 6.03. The number of carbonyl (C=O) groups excluding carboxylic acids is 6. The smallest absolute Gasteiger partial charge is 0.306 e. The summed E-state index contributed by atoms with van der Waals surface area (Å²) >= 11 is 4.22. The van der Waals surface area contributed by atoms with E-state index >= 15 is 0 Å². The quantitative estimate of drug-likeness (QED) is 0.0775. The number of aryl methyl sites for hydroxylation is 1. The molecule has 258 valence electrons. The summed E-state index contributed by atoms with van der Waals surface area (Å²) in [5.41, 5.74) is -0.843. The van der Waals surface area contributed by atoms with Crippen LogP contribution in [0.3, 0.4) is 0 Å². The van der Waals surface area contributed by atoms with Crippen molar-refractivity contribution in [3.8, 4) is 0 Å². The molecule has 0 aliphatic heterocycles. The minimum atomic E-state index is -1.58. The van der Waals surface area contributed by atoms with Crippen LogP contribution in [-0.4, -0.2) is 101 Å². The highest BCUT2D eigenvalue weighted by Gasteiger charge is 2.42. The lowest BCUT2D eigenvalue weighted by Crippen LogP contribution is -2.60. The van der Waals surface area contributed by atoms with Crippen LogP contribution < -0.4 is 16.0 Å². The Morgan fingerprint density at radius 1 is 0.957 bits per heavy atom. The van der Waals surface area contributed by atoms with Crippen molar-refractivity contribution in [2.24, 2.45) is 0 Å². The van der Waals surface area contributed by atoms with Crippen LogP contribution in [0.25, 0.3) is 0 Å². The molecule has 1 aromatic carbocycles. The highest BCUT2D eigenvalue weighted by atomic mass is 127. The maximum atomic E-state index is 14.0. The van der Waals surface area contributed by atoms with Gasteiger partial charge in [0.1, 0.15) is 17.0 Å². The van der Waals surface area contributed by atoms with E-state index in [1.165, 1.54) is 34.3 Å². The minimum absolute atomic E-state index is 0.0131. The van der Waals surface area contributed by atoms with Gasteiger partial charge in [0.15, 0.2) is 16.5 Å². The third-order valence-electron chi connectivity index (χ3n) is 6.63. The van der Waals surface area contributed by atoms with E-state index in [9.17, 15) is 28.8 Å². The predicted molar refractivity (Wildman–Crippen MR) is 187 cm³/mol. The van der Waals surface area contributed by atoms with E-state index in [1.807, 2.05) is 28.7 Å². The minimum Gasteiger partial charge on any atom is -0.450 e. The maximum Gasteiger partial charge on any atom is 0.306 e. The molecule has 0 fully saturated rings. The standard InChI is InChI=1S/C31H41IN4O9S2/c1-19-33-15-25(47-19)30(42)36-24(17-44-5)29(41)35-23(16-43-4)28(40)34-22(14-21-10-7-6-8-11-21)27(39)31(3,18-32)45-26(38)12-9-13-46-20(2)37/h6-8,10-11,15,22-24H,9,12-14,16-18H2,1-5H3,(H,34,40)(H,35,41)(H,36,42)/t22-,23-,24-,31?/m0/s1. The van der Waals surface area contributed by atoms with Crippen LogP contribution in [-0.2, 0) is 44.6 Å². The monoisotopic (exact) mass is 804 g/mol. The molecule has 4 atom stereocenters. The van der Waals surface area contributed by atoms with Crippen molar-refractivity contribution in [2.75, 3.05) is 37.6 Å². The van der Waals surface area contributed by atoms with E-state index in [2.05, 4.69) is 20.9 Å². The second kappa shape index (κ2) is 20.4. The number of amides is 3. The van der Waals surface area contributed by atoms with Crippen LogP contribution in [0.15, 0.2) is 36.5 Å². The first kappa shape index (κ1) is 40.2. The molecule has 0 aliphatic rings. The van der Waals surface area contributed by atoms with E-state index in [0.29, 0.717) is 22.1 Å². The first-order valence-corrected chi connectivity index (χ1v) is 18.0. The summed E-state index contributed by atoms with van der Waals surface area (Å²) in [5, 5.41) is 8.53. The van der Waals surface area contributed by atoms with Crippen molar-refractivity contribution < 1.29 is 43.0 Å². The summed E-state index contributed by atoms with van der Waals surface area (Å²) in [4.78, 5) is 81.9. The van der Waals surface area contributed by atoms with Crippen LogP contribution in [0.1, 0.15) is 46.9 Å². The summed E-state index contributed by atoms with van der Waals surface area (Å²) in [6.45, 7) is 4.25. The maximum absolute atomic E-state index is 14.0. The summed E-state index contributed by atoms with van der Waals surface area (Å²) in [5.74, 6) is -2.66. The number of rotatable bonds is 20. The molecule has 0 saturated carbocycles. The Kier molecular flexibility index (Phi) is 17.5. The average Bonchev–Trinajstić information content (AvgIpc) is 3.48. The fourth-order valence-electron chi connectivity index (χ4n) is 4.25. The topological polar surface area (TPSA) is 179 Å². The number of hydrogen-bond donors (Lipinski definition) is 3. The van der Waals surface area contributed by atoms with Gasteiger partial charge in [-0.15, -0.1) is 11.3 Å². The van der Waals surface area contributed by atoms with Gasteiger partial charge in [-0.05, 0) is 32.3 Å². The molecule has 16 heteroatoms. The molecule has 2 rings (SSSR count). The van der Waals surface area contributed by atoms with Gasteiger partial charge in [0.2, 0.25) is 11.8 Å². The van der Waals surface area contributed by atoms with Crippen molar-refractivity contribution in [3.63, 3.8) is 0 Å². The predicted octanol–water partition coefficient (Wildman–Crippen LogP) is 2.42. The van der Waals surface area contributed by atoms with Gasteiger partial charge in [-0.3, -0.25) is 28.8 Å². The number of hydrogen-bond acceptors (Lipinski definition) is 12. The Morgan fingerprint density at radius 3 is 2.09 bits per heavy atom. The fraction of sp³-hybridized carbons (Fsp3) is 0.516. The largest absolute Gasteiger partial charge is 0.450 e. The number of ether oxygens (including phenoxy) is 3. The molecule has 0 spiro atoms. The first-order chi connectivity index (χ1) is 22.3. The second-order valence-electron chi connectivity index (χ2n) is 10.6. The molecule has 1 heterocycles. The highest BCUT2D eigenvalue weighted by molar-refractivity contribution is 14.1. The molecule has 0 radical (unpaired) electrons. The summed E-state index contributed by atoms with van der Waals surface area (Å²) < 4.78 is 16.1. The second-order valence-corrected chi connectivity index (χ2v) is 13.9. The molecular formula is C31H41IN4O9S2. The van der Waals surface area contributed by atoms with Crippen molar-refractivity contribution in [3.05, 3.63) is 52.0 Å². The Labute approximate surface area is 296 Å². The molecule has 3 amide bonds. The van der Waals surface area contributed by atoms with Crippen molar-refractivity contribution in [1.29, 1.82) is 0 Å². The number of Topliss-reactive ketones (excluding diaryl/α,β-unsaturated/α-hetero) is 1. The van der Waals surface area contributed by atoms with E-state index < -0.39 is 53.2 Å². The lowest BCUT2D eigenvalue weighted by atomic mass is 9.92. The molecule has 1 aromatic heterocycles. The van der Waals surface area contributed by atoms with Gasteiger partial charge in [-0.1, -0.05) is 64.7 Å². The molecular weight excluding hydrogens is 763 g/mol. The van der Waals surface area contributed by atoms with E-state index in [-0.39, 0.29) is 35.6 Å². The van der Waals surface area contributed by atoms with Gasteiger partial charge in [-0.2, -0.15) is 0 Å². The number of nitrogens with zero attached hydrogens (tertiary/aromatic N) is 1. The number of halogens is 1. The van der Waals surface area contributed by atoms with Gasteiger partial charge in [0, 0.05) is 37.7 Å². The molecule has 3 N–H and O–H groups in total. The number of benzene rings is 1. The van der Waals surface area contributed by atoms with Gasteiger partial charge < -0.3 is 30.2 Å². The number of aromatic nitrogens is 1. The van der Waals surface area contributed by atoms with Crippen molar-refractivity contribution >= 4 is 80.3 Å². The summed E-state index contributed by atoms with van der Waals surface area (Å²) in [6, 6.07) is 5.43. The Morgan fingerprint density at radius 2 is 1.55 bits per heavy atom. The number of alkyl halides is 1. The third kappa shape index (κ3) is 13.6. The molecule has 0 aliphatic carbocycles. The van der Waals surface area contributed by atoms with Crippen LogP contribution in [0.5, 0.6) is 0 Å². The number of thiazole rings is 1. The van der Waals surface area contributed by atoms with E-state index in [0.717, 1.165) is 28.7 Å². The molecule has 0 bridgehead atoms. The van der Waals surface area contributed by atoms with E-state index in [4.69, 9.17) is 14.2 Å². The number of nitrogens with one attached hydrogen (secondary N) is 3. The van der Waals surface area contributed by atoms with Crippen LogP contribution in [0.4, 0.5) is 0 Å². The van der Waals surface area contributed by atoms with Crippen LogP contribution in [0, 0.1) is 6.92 Å². The number of ketones is 1. The molecule has 2 aromatic rings. The number of methoxy groups -OCH3 is 2. The first-order valence-electron chi connectivity index (χ1n) is 14.6. The number of esters is 1. The third-order valence-corrected chi connectivity index (χ3v) is 9.89. The average molecular weight is 805 g/mol. The van der Waals surface area contributed by atoms with Crippen molar-refractivity contribution in [2.45, 2.75) is 63.8 Å². The van der Waals surface area contributed by atoms with Gasteiger partial charge >= 0.3 is 5.97 Å². The summed E-state index contributed by atoms with van der Waals surface area (Å²) in [7, 11) is 2.71. The molecule has 1 unspecified atom stereocenters. The Hall–Kier alpha value is -2.93. The SMILES string of the molecule is COC[C@H](NC(=O)c1cnc(C)s1)C(=O)N[C@@H](COC)C(=O)N[C@@H](Cc1ccccc1)C(=O)C(C)(CI)OC(=O)CCCSC(C)=O. The van der Waals surface area contributed by atoms with Gasteiger partial charge in [0.05, 0.1) is 30.5 Å². The Balaban J connectivity index is 2.24. The zero-order valence-corrected chi connectivity index (χ0v) is 30.8. The van der Waals surface area contributed by atoms with E-state index in [1.54, 1.807) is 31.2 Å². The zero-order valence-electron chi connectivity index (χ0n) is 27.0. The number of carbonyl (C=O) groups is 6. The van der Waals surface area contributed by atoms with Crippen molar-refractivity contribution in [1.82, 2.24) is 20.9 Å². The van der Waals surface area contributed by atoms with Crippen LogP contribution >= 0.6 is 45.7 Å².